The number of pyridine rings is 1. The highest BCUT2D eigenvalue weighted by Crippen LogP contribution is 2.17. The third kappa shape index (κ3) is 2.01. The molecule has 84 valence electrons. The molecule has 2 aromatic rings. The second-order valence-corrected chi connectivity index (χ2v) is 3.42. The number of carbonyl (C=O) groups is 1. The van der Waals surface area contributed by atoms with Crippen LogP contribution in [0, 0.1) is 6.92 Å². The maximum Gasteiger partial charge on any atom is 0.250 e. The largest absolute Gasteiger partial charge is 0.375 e. The summed E-state index contributed by atoms with van der Waals surface area (Å²) >= 11 is 0. The van der Waals surface area contributed by atoms with E-state index in [9.17, 15) is 4.79 Å². The number of aromatic amines is 1. The van der Waals surface area contributed by atoms with Gasteiger partial charge in [0.15, 0.2) is 5.65 Å². The second kappa shape index (κ2) is 4.28. The number of carbonyl (C=O) groups excluding carboxylic acids is 1. The van der Waals surface area contributed by atoms with Gasteiger partial charge in [0.1, 0.15) is 6.61 Å². The summed E-state index contributed by atoms with van der Waals surface area (Å²) in [5.74, 6) is -0.204. The molecule has 0 unspecified atom stereocenters. The van der Waals surface area contributed by atoms with E-state index < -0.39 is 0 Å². The van der Waals surface area contributed by atoms with Gasteiger partial charge in [-0.25, -0.2) is 4.98 Å². The first-order valence-corrected chi connectivity index (χ1v) is 4.80. The van der Waals surface area contributed by atoms with Gasteiger partial charge in [-0.3, -0.25) is 9.89 Å². The van der Waals surface area contributed by atoms with Crippen molar-refractivity contribution in [2.75, 3.05) is 19.0 Å². The zero-order valence-corrected chi connectivity index (χ0v) is 9.07. The zero-order valence-electron chi connectivity index (χ0n) is 9.07. The van der Waals surface area contributed by atoms with E-state index in [1.807, 2.05) is 13.0 Å². The average Bonchev–Trinajstić information content (AvgIpc) is 2.61. The van der Waals surface area contributed by atoms with Crippen molar-refractivity contribution in [1.82, 2.24) is 15.2 Å². The van der Waals surface area contributed by atoms with Gasteiger partial charge in [0.2, 0.25) is 5.91 Å². The Morgan fingerprint density at radius 2 is 2.44 bits per heavy atom. The summed E-state index contributed by atoms with van der Waals surface area (Å²) in [6.45, 7) is 1.93. The smallest absolute Gasteiger partial charge is 0.250 e. The summed E-state index contributed by atoms with van der Waals surface area (Å²) < 4.78 is 4.72. The molecule has 2 N–H and O–H groups in total. The number of rotatable bonds is 3. The molecule has 16 heavy (non-hydrogen) atoms. The maximum atomic E-state index is 11.3. The quantitative estimate of drug-likeness (QED) is 0.803. The molecule has 0 saturated carbocycles. The minimum atomic E-state index is -0.204. The Bertz CT molecular complexity index is 521. The Kier molecular flexibility index (Phi) is 2.82. The normalized spacial score (nSPS) is 10.6. The number of aryl methyl sites for hydroxylation is 1. The van der Waals surface area contributed by atoms with E-state index in [-0.39, 0.29) is 12.5 Å². The predicted molar refractivity (Wildman–Crippen MR) is 59.1 cm³/mol. The number of methoxy groups -OCH3 is 1. The third-order valence-electron chi connectivity index (χ3n) is 2.16. The summed E-state index contributed by atoms with van der Waals surface area (Å²) in [4.78, 5) is 15.4. The van der Waals surface area contributed by atoms with Gasteiger partial charge < -0.3 is 10.1 Å². The van der Waals surface area contributed by atoms with Gasteiger partial charge in [-0.1, -0.05) is 0 Å². The molecule has 0 bridgehead atoms. The van der Waals surface area contributed by atoms with Crippen LogP contribution < -0.4 is 5.32 Å². The van der Waals surface area contributed by atoms with Gasteiger partial charge in [0.05, 0.1) is 11.9 Å². The monoisotopic (exact) mass is 220 g/mol. The fraction of sp³-hybridized carbons (Fsp3) is 0.300. The van der Waals surface area contributed by atoms with Crippen LogP contribution in [-0.2, 0) is 9.53 Å². The van der Waals surface area contributed by atoms with Crippen LogP contribution in [0.1, 0.15) is 5.69 Å². The molecular formula is C10H12N4O2. The van der Waals surface area contributed by atoms with Crippen molar-refractivity contribution < 1.29 is 9.53 Å². The minimum Gasteiger partial charge on any atom is -0.375 e. The first kappa shape index (κ1) is 10.6. The Morgan fingerprint density at radius 3 is 3.19 bits per heavy atom. The molecule has 0 radical (unpaired) electrons. The van der Waals surface area contributed by atoms with E-state index in [4.69, 9.17) is 4.74 Å². The molecule has 0 aliphatic rings. The number of anilines is 1. The SMILES string of the molecule is COCC(=O)Nc1cnc2n[nH]c(C)c2c1. The van der Waals surface area contributed by atoms with Gasteiger partial charge in [-0.05, 0) is 13.0 Å². The Labute approximate surface area is 92.0 Å². The Hall–Kier alpha value is -1.95. The molecule has 2 aromatic heterocycles. The standard InChI is InChI=1S/C10H12N4O2/c1-6-8-3-7(12-9(15)5-16-2)4-11-10(8)14-13-6/h3-4H,5H2,1-2H3,(H,12,15)(H,11,13,14). The number of nitrogens with zero attached hydrogens (tertiary/aromatic N) is 2. The van der Waals surface area contributed by atoms with E-state index >= 15 is 0 Å². The molecule has 0 spiro atoms. The van der Waals surface area contributed by atoms with Crippen LogP contribution in [0.25, 0.3) is 11.0 Å². The van der Waals surface area contributed by atoms with Crippen LogP contribution in [0.3, 0.4) is 0 Å². The summed E-state index contributed by atoms with van der Waals surface area (Å²) in [7, 11) is 1.47. The average molecular weight is 220 g/mol. The first-order valence-electron chi connectivity index (χ1n) is 4.80. The zero-order chi connectivity index (χ0) is 11.5. The molecule has 2 heterocycles. The van der Waals surface area contributed by atoms with Crippen molar-refractivity contribution >= 4 is 22.6 Å². The van der Waals surface area contributed by atoms with Crippen molar-refractivity contribution in [3.63, 3.8) is 0 Å². The molecule has 0 aliphatic heterocycles. The van der Waals surface area contributed by atoms with Crippen molar-refractivity contribution in [1.29, 1.82) is 0 Å². The molecule has 0 aromatic carbocycles. The second-order valence-electron chi connectivity index (χ2n) is 3.42. The lowest BCUT2D eigenvalue weighted by Crippen LogP contribution is -2.17. The van der Waals surface area contributed by atoms with Gasteiger partial charge in [-0.15, -0.1) is 0 Å². The highest BCUT2D eigenvalue weighted by molar-refractivity contribution is 5.93. The lowest BCUT2D eigenvalue weighted by atomic mass is 10.2. The molecule has 6 nitrogen and oxygen atoms in total. The van der Waals surface area contributed by atoms with Crippen LogP contribution in [0.4, 0.5) is 5.69 Å². The number of ether oxygens (including phenoxy) is 1. The number of hydrogen-bond donors (Lipinski definition) is 2. The summed E-state index contributed by atoms with van der Waals surface area (Å²) in [6.07, 6.45) is 1.57. The maximum absolute atomic E-state index is 11.3. The van der Waals surface area contributed by atoms with E-state index in [1.54, 1.807) is 6.20 Å². The van der Waals surface area contributed by atoms with Crippen LogP contribution in [0.15, 0.2) is 12.3 Å². The number of nitrogens with one attached hydrogen (secondary N) is 2. The molecule has 1 amide bonds. The van der Waals surface area contributed by atoms with E-state index in [0.29, 0.717) is 11.3 Å². The van der Waals surface area contributed by atoms with Crippen LogP contribution in [-0.4, -0.2) is 34.8 Å². The van der Waals surface area contributed by atoms with Crippen LogP contribution in [0.5, 0.6) is 0 Å². The fourth-order valence-electron chi connectivity index (χ4n) is 1.42. The summed E-state index contributed by atoms with van der Waals surface area (Å²) in [5, 5.41) is 10.4. The molecule has 6 heteroatoms. The third-order valence-corrected chi connectivity index (χ3v) is 2.16. The number of amides is 1. The highest BCUT2D eigenvalue weighted by atomic mass is 16.5. The molecular weight excluding hydrogens is 208 g/mol. The number of H-pyrrole nitrogens is 1. The Balaban J connectivity index is 2.25. The van der Waals surface area contributed by atoms with Crippen LogP contribution in [0.2, 0.25) is 0 Å². The van der Waals surface area contributed by atoms with Gasteiger partial charge in [0.25, 0.3) is 0 Å². The van der Waals surface area contributed by atoms with Gasteiger partial charge in [0, 0.05) is 18.2 Å². The lowest BCUT2D eigenvalue weighted by molar-refractivity contribution is -0.119. The molecule has 0 atom stereocenters. The number of fused-ring (bicyclic) bond motifs is 1. The number of hydrogen-bond acceptors (Lipinski definition) is 4. The summed E-state index contributed by atoms with van der Waals surface area (Å²) in [5.41, 5.74) is 2.20. The van der Waals surface area contributed by atoms with Gasteiger partial charge in [-0.2, -0.15) is 5.10 Å². The van der Waals surface area contributed by atoms with Crippen molar-refractivity contribution in [3.05, 3.63) is 18.0 Å². The molecule has 0 fully saturated rings. The van der Waals surface area contributed by atoms with E-state index in [0.717, 1.165) is 11.1 Å². The molecule has 2 rings (SSSR count). The predicted octanol–water partition coefficient (Wildman–Crippen LogP) is 0.851. The minimum absolute atomic E-state index is 0.0302. The van der Waals surface area contributed by atoms with Crippen LogP contribution >= 0.6 is 0 Å². The molecule has 0 aliphatic carbocycles. The first-order chi connectivity index (χ1) is 7.70. The molecule has 0 saturated heterocycles. The van der Waals surface area contributed by atoms with E-state index in [1.165, 1.54) is 7.11 Å². The Morgan fingerprint density at radius 1 is 1.62 bits per heavy atom. The number of aromatic nitrogens is 3. The van der Waals surface area contributed by atoms with Crippen molar-refractivity contribution in [2.45, 2.75) is 6.92 Å². The highest BCUT2D eigenvalue weighted by Gasteiger charge is 2.06. The van der Waals surface area contributed by atoms with Crippen molar-refractivity contribution in [3.8, 4) is 0 Å². The lowest BCUT2D eigenvalue weighted by Gasteiger charge is -2.03. The van der Waals surface area contributed by atoms with E-state index in [2.05, 4.69) is 20.5 Å². The fourth-order valence-corrected chi connectivity index (χ4v) is 1.42. The van der Waals surface area contributed by atoms with Gasteiger partial charge >= 0.3 is 0 Å². The summed E-state index contributed by atoms with van der Waals surface area (Å²) in [6, 6.07) is 1.83. The topological polar surface area (TPSA) is 79.9 Å². The van der Waals surface area contributed by atoms with Crippen molar-refractivity contribution in [2.24, 2.45) is 0 Å².